The van der Waals surface area contributed by atoms with Crippen LogP contribution in [0.15, 0.2) is 24.3 Å². The fraction of sp³-hybridized carbons (Fsp3) is 0.556. The van der Waals surface area contributed by atoms with E-state index in [1.165, 1.54) is 41.7 Å². The highest BCUT2D eigenvalue weighted by atomic mass is 32.1. The molecule has 3 rings (SSSR count). The van der Waals surface area contributed by atoms with Crippen LogP contribution in [0.5, 0.6) is 0 Å². The lowest BCUT2D eigenvalue weighted by atomic mass is 9.97. The molecule has 0 radical (unpaired) electrons. The summed E-state index contributed by atoms with van der Waals surface area (Å²) in [6.07, 6.45) is 7.93. The Morgan fingerprint density at radius 2 is 2.10 bits per heavy atom. The van der Waals surface area contributed by atoms with Gasteiger partial charge in [-0.3, -0.25) is 0 Å². The average Bonchev–Trinajstić information content (AvgIpc) is 3.11. The minimum Gasteiger partial charge on any atom is -0.309 e. The van der Waals surface area contributed by atoms with E-state index in [2.05, 4.69) is 18.3 Å². The topological polar surface area (TPSA) is 12.0 Å². The molecule has 1 aliphatic rings. The standard InChI is InChI=1S/C18H24FNS/c1-2-9-20-16(10-13-5-3-4-6-13)18-12-14-11-15(19)7-8-17(14)21-18/h7-8,11-13,16,20H,2-6,9-10H2,1H3. The molecule has 1 aliphatic carbocycles. The first-order valence-corrected chi connectivity index (χ1v) is 9.00. The van der Waals surface area contributed by atoms with Crippen molar-refractivity contribution in [2.24, 2.45) is 5.92 Å². The van der Waals surface area contributed by atoms with E-state index in [1.54, 1.807) is 12.1 Å². The fourth-order valence-corrected chi connectivity index (χ4v) is 4.54. The summed E-state index contributed by atoms with van der Waals surface area (Å²) in [7, 11) is 0. The minimum atomic E-state index is -0.138. The molecule has 0 bridgehead atoms. The van der Waals surface area contributed by atoms with Gasteiger partial charge in [0.15, 0.2) is 0 Å². The zero-order chi connectivity index (χ0) is 14.7. The van der Waals surface area contributed by atoms with Gasteiger partial charge in [-0.2, -0.15) is 0 Å². The molecule has 3 heteroatoms. The maximum Gasteiger partial charge on any atom is 0.123 e. The summed E-state index contributed by atoms with van der Waals surface area (Å²) < 4.78 is 14.6. The van der Waals surface area contributed by atoms with Crippen LogP contribution in [-0.2, 0) is 0 Å². The molecular weight excluding hydrogens is 281 g/mol. The minimum absolute atomic E-state index is 0.138. The molecule has 0 amide bonds. The van der Waals surface area contributed by atoms with Crippen molar-refractivity contribution < 1.29 is 4.39 Å². The second kappa shape index (κ2) is 6.89. The summed E-state index contributed by atoms with van der Waals surface area (Å²) in [5, 5.41) is 4.75. The Balaban J connectivity index is 1.81. The van der Waals surface area contributed by atoms with Gasteiger partial charge in [0, 0.05) is 15.6 Å². The highest BCUT2D eigenvalue weighted by Gasteiger charge is 2.22. The van der Waals surface area contributed by atoms with Gasteiger partial charge < -0.3 is 5.32 Å². The van der Waals surface area contributed by atoms with Crippen LogP contribution in [0.3, 0.4) is 0 Å². The number of fused-ring (bicyclic) bond motifs is 1. The Morgan fingerprint density at radius 3 is 2.86 bits per heavy atom. The zero-order valence-corrected chi connectivity index (χ0v) is 13.5. The molecule has 1 N–H and O–H groups in total. The fourth-order valence-electron chi connectivity index (χ4n) is 3.40. The van der Waals surface area contributed by atoms with Gasteiger partial charge in [-0.05, 0) is 55.0 Å². The number of hydrogen-bond acceptors (Lipinski definition) is 2. The summed E-state index contributed by atoms with van der Waals surface area (Å²) in [5.41, 5.74) is 0. The smallest absolute Gasteiger partial charge is 0.123 e. The molecule has 1 aromatic heterocycles. The van der Waals surface area contributed by atoms with Crippen LogP contribution in [0.25, 0.3) is 10.1 Å². The molecule has 1 atom stereocenters. The highest BCUT2D eigenvalue weighted by Crippen LogP contribution is 2.37. The van der Waals surface area contributed by atoms with Crippen LogP contribution in [0, 0.1) is 11.7 Å². The summed E-state index contributed by atoms with van der Waals surface area (Å²) in [6, 6.07) is 7.75. The lowest BCUT2D eigenvalue weighted by Crippen LogP contribution is -2.23. The molecule has 21 heavy (non-hydrogen) atoms. The number of nitrogens with one attached hydrogen (secondary N) is 1. The molecule has 1 fully saturated rings. The highest BCUT2D eigenvalue weighted by molar-refractivity contribution is 7.19. The lowest BCUT2D eigenvalue weighted by molar-refractivity contribution is 0.399. The number of rotatable bonds is 6. The maximum absolute atomic E-state index is 13.4. The molecule has 1 unspecified atom stereocenters. The Labute approximate surface area is 130 Å². The van der Waals surface area contributed by atoms with E-state index in [4.69, 9.17) is 0 Å². The maximum atomic E-state index is 13.4. The summed E-state index contributed by atoms with van der Waals surface area (Å²) >= 11 is 1.82. The molecule has 0 saturated heterocycles. The molecule has 114 valence electrons. The van der Waals surface area contributed by atoms with Gasteiger partial charge in [0.05, 0.1) is 0 Å². The van der Waals surface area contributed by atoms with E-state index >= 15 is 0 Å². The summed E-state index contributed by atoms with van der Waals surface area (Å²) in [4.78, 5) is 1.37. The SMILES string of the molecule is CCCNC(CC1CCCC1)c1cc2cc(F)ccc2s1. The van der Waals surface area contributed by atoms with E-state index in [0.717, 1.165) is 24.3 Å². The van der Waals surface area contributed by atoms with Crippen molar-refractivity contribution in [2.75, 3.05) is 6.54 Å². The molecule has 1 heterocycles. The number of thiophene rings is 1. The third-order valence-electron chi connectivity index (χ3n) is 4.53. The van der Waals surface area contributed by atoms with Crippen molar-refractivity contribution in [1.82, 2.24) is 5.32 Å². The number of halogens is 1. The van der Waals surface area contributed by atoms with Crippen LogP contribution in [0.4, 0.5) is 4.39 Å². The van der Waals surface area contributed by atoms with Crippen molar-refractivity contribution >= 4 is 21.4 Å². The molecule has 2 aromatic rings. The summed E-state index contributed by atoms with van der Waals surface area (Å²) in [6.45, 7) is 3.26. The van der Waals surface area contributed by atoms with E-state index in [1.807, 2.05) is 17.4 Å². The average molecular weight is 305 g/mol. The number of hydrogen-bond donors (Lipinski definition) is 1. The molecule has 0 spiro atoms. The molecule has 1 nitrogen and oxygen atoms in total. The molecule has 1 saturated carbocycles. The van der Waals surface area contributed by atoms with Gasteiger partial charge in [-0.15, -0.1) is 11.3 Å². The van der Waals surface area contributed by atoms with E-state index in [-0.39, 0.29) is 5.82 Å². The van der Waals surface area contributed by atoms with Crippen LogP contribution < -0.4 is 5.32 Å². The van der Waals surface area contributed by atoms with Crippen molar-refractivity contribution in [1.29, 1.82) is 0 Å². The van der Waals surface area contributed by atoms with Crippen molar-refractivity contribution in [3.05, 3.63) is 35.0 Å². The van der Waals surface area contributed by atoms with Gasteiger partial charge in [0.1, 0.15) is 5.82 Å². The van der Waals surface area contributed by atoms with Gasteiger partial charge in [0.2, 0.25) is 0 Å². The first-order chi connectivity index (χ1) is 10.3. The largest absolute Gasteiger partial charge is 0.309 e. The Kier molecular flexibility index (Phi) is 4.91. The summed E-state index contributed by atoms with van der Waals surface area (Å²) in [5.74, 6) is 0.724. The lowest BCUT2D eigenvalue weighted by Gasteiger charge is -2.20. The van der Waals surface area contributed by atoms with Crippen LogP contribution in [0.1, 0.15) is 56.4 Å². The van der Waals surface area contributed by atoms with Crippen molar-refractivity contribution in [2.45, 2.75) is 51.5 Å². The second-order valence-electron chi connectivity index (χ2n) is 6.22. The third-order valence-corrected chi connectivity index (χ3v) is 5.76. The predicted molar refractivity (Wildman–Crippen MR) is 89.4 cm³/mol. The van der Waals surface area contributed by atoms with Crippen molar-refractivity contribution in [3.8, 4) is 0 Å². The Morgan fingerprint density at radius 1 is 1.29 bits per heavy atom. The van der Waals surface area contributed by atoms with Crippen LogP contribution in [0.2, 0.25) is 0 Å². The third kappa shape index (κ3) is 3.64. The number of benzene rings is 1. The van der Waals surface area contributed by atoms with Gasteiger partial charge in [-0.1, -0.05) is 32.6 Å². The Bertz CT molecular complexity index is 586. The normalized spacial score (nSPS) is 17.6. The van der Waals surface area contributed by atoms with Gasteiger partial charge in [-0.25, -0.2) is 4.39 Å². The molecular formula is C18H24FNS. The first-order valence-electron chi connectivity index (χ1n) is 8.18. The van der Waals surface area contributed by atoms with Crippen molar-refractivity contribution in [3.63, 3.8) is 0 Å². The predicted octanol–water partition coefficient (Wildman–Crippen LogP) is 5.66. The van der Waals surface area contributed by atoms with E-state index in [9.17, 15) is 4.39 Å². The first kappa shape index (κ1) is 15.0. The van der Waals surface area contributed by atoms with E-state index < -0.39 is 0 Å². The zero-order valence-electron chi connectivity index (χ0n) is 12.7. The van der Waals surface area contributed by atoms with Crippen LogP contribution >= 0.6 is 11.3 Å². The van der Waals surface area contributed by atoms with Crippen LogP contribution in [-0.4, -0.2) is 6.54 Å². The van der Waals surface area contributed by atoms with Gasteiger partial charge >= 0.3 is 0 Å². The second-order valence-corrected chi connectivity index (χ2v) is 7.34. The monoisotopic (exact) mass is 305 g/mol. The molecule has 0 aliphatic heterocycles. The quantitative estimate of drug-likeness (QED) is 0.726. The van der Waals surface area contributed by atoms with Gasteiger partial charge in [0.25, 0.3) is 0 Å². The van der Waals surface area contributed by atoms with E-state index in [0.29, 0.717) is 6.04 Å². The Hall–Kier alpha value is -0.930. The molecule has 1 aromatic carbocycles.